The van der Waals surface area contributed by atoms with Crippen molar-refractivity contribution >= 4 is 23.9 Å². The van der Waals surface area contributed by atoms with Crippen molar-refractivity contribution in [2.24, 2.45) is 0 Å². The van der Waals surface area contributed by atoms with Gasteiger partial charge in [0.2, 0.25) is 0 Å². The van der Waals surface area contributed by atoms with Gasteiger partial charge in [0.1, 0.15) is 0 Å². The number of benzene rings is 4. The number of carboxylic acid groups (broad SMARTS) is 4. The zero-order valence-electron chi connectivity index (χ0n) is 26.8. The van der Waals surface area contributed by atoms with Gasteiger partial charge in [-0.3, -0.25) is 0 Å². The zero-order chi connectivity index (χ0) is 34.4. The molecular formula is C37H36O9. The number of rotatable bonds is 5. The molecule has 0 atom stereocenters. The van der Waals surface area contributed by atoms with Crippen LogP contribution in [0.4, 0.5) is 0 Å². The molecule has 1 N–H and O–H groups in total. The summed E-state index contributed by atoms with van der Waals surface area (Å²) in [7, 11) is 0. The third-order valence-electron chi connectivity index (χ3n) is 6.50. The Labute approximate surface area is 270 Å². The van der Waals surface area contributed by atoms with Crippen molar-refractivity contribution in [2.75, 3.05) is 0 Å². The van der Waals surface area contributed by atoms with Gasteiger partial charge in [0.25, 0.3) is 0 Å². The molecule has 0 aliphatic heterocycles. The maximum atomic E-state index is 10.4. The molecule has 9 nitrogen and oxygen atoms in total. The third-order valence-corrected chi connectivity index (χ3v) is 6.50. The van der Waals surface area contributed by atoms with Crippen LogP contribution in [0.1, 0.15) is 85.9 Å². The van der Waals surface area contributed by atoms with Crippen molar-refractivity contribution in [3.05, 3.63) is 147 Å². The Morgan fingerprint density at radius 1 is 0.457 bits per heavy atom. The molecule has 46 heavy (non-hydrogen) atoms. The minimum Gasteiger partial charge on any atom is -0.545 e. The van der Waals surface area contributed by atoms with Crippen molar-refractivity contribution in [3.8, 4) is 0 Å². The summed E-state index contributed by atoms with van der Waals surface area (Å²) in [5.74, 6) is -4.51. The van der Waals surface area contributed by atoms with Gasteiger partial charge < -0.3 is 44.7 Å². The van der Waals surface area contributed by atoms with E-state index in [0.29, 0.717) is 11.1 Å². The van der Waals surface area contributed by atoms with Crippen LogP contribution < -0.4 is 20.4 Å². The largest absolute Gasteiger partial charge is 4.00 e. The summed E-state index contributed by atoms with van der Waals surface area (Å²) in [6, 6.07) is 20.1. The Balaban J connectivity index is 0.000000583. The number of aliphatic hydroxyl groups is 1. The monoisotopic (exact) mass is 624 g/mol. The fourth-order valence-electron chi connectivity index (χ4n) is 4.18. The van der Waals surface area contributed by atoms with E-state index in [-0.39, 0.29) is 36.3 Å². The molecule has 0 aromatic heterocycles. The van der Waals surface area contributed by atoms with Crippen LogP contribution >= 0.6 is 0 Å². The van der Waals surface area contributed by atoms with Crippen LogP contribution in [0.2, 0.25) is 0 Å². The first-order valence-electron chi connectivity index (χ1n) is 13.8. The molecule has 238 valence electrons. The first-order valence-corrected chi connectivity index (χ1v) is 13.8. The second-order valence-corrected chi connectivity index (χ2v) is 10.4. The quantitative estimate of drug-likeness (QED) is 0.347. The molecular weight excluding hydrogens is 588 g/mol. The number of aryl methyl sites for hydroxylation is 7. The van der Waals surface area contributed by atoms with Crippen LogP contribution in [0.25, 0.3) is 0 Å². The molecule has 0 aliphatic carbocycles. The van der Waals surface area contributed by atoms with Crippen molar-refractivity contribution in [2.45, 2.75) is 55.1 Å². The number of carbonyl (C=O) groups excluding carboxylic acids is 4. The average molecular weight is 625 g/mol. The standard InChI is InChI=1S/C9H10O3.3C9H10O2.C/c1-6-4-7(5-10)2-3-8(6)9(11)12;3*1-6-3-4-8(9(10)11)7(2)5-6;/h2-4,10H,5H2,1H3,(H,11,12);3*3-5H,1-2H3,(H,10,11);/q;;;;+4/p-4. The normalized spacial score (nSPS) is 9.48. The van der Waals surface area contributed by atoms with Gasteiger partial charge in [0.15, 0.2) is 0 Å². The SMILES string of the molecule is Cc1cc(CO)ccc1C(=O)[O-].Cc1ccc(C(=O)[O-])c(C)c1.Cc1ccc(C(=O)[O-])c(C)c1.Cc1ccc(C(=O)[O-])c(C)c1.[C+4]. The summed E-state index contributed by atoms with van der Waals surface area (Å²) in [4.78, 5) is 41.7. The number of hydrogen-bond acceptors (Lipinski definition) is 9. The van der Waals surface area contributed by atoms with Gasteiger partial charge in [-0.2, -0.15) is 0 Å². The van der Waals surface area contributed by atoms with Crippen LogP contribution in [0.15, 0.2) is 72.8 Å². The Morgan fingerprint density at radius 3 is 0.891 bits per heavy atom. The van der Waals surface area contributed by atoms with Crippen LogP contribution in [-0.2, 0) is 6.61 Å². The zero-order valence-corrected chi connectivity index (χ0v) is 26.8. The van der Waals surface area contributed by atoms with E-state index in [9.17, 15) is 39.6 Å². The topological polar surface area (TPSA) is 181 Å². The molecule has 0 saturated carbocycles. The third kappa shape index (κ3) is 13.2. The van der Waals surface area contributed by atoms with Crippen molar-refractivity contribution in [3.63, 3.8) is 0 Å². The van der Waals surface area contributed by atoms with E-state index in [0.717, 1.165) is 33.4 Å². The molecule has 0 radical (unpaired) electrons. The minimum atomic E-state index is -1.18. The van der Waals surface area contributed by atoms with Crippen LogP contribution in [-0.4, -0.2) is 29.0 Å². The predicted molar refractivity (Wildman–Crippen MR) is 165 cm³/mol. The van der Waals surface area contributed by atoms with E-state index in [1.54, 1.807) is 76.2 Å². The Hall–Kier alpha value is -5.28. The molecule has 0 fully saturated rings. The molecule has 4 aromatic carbocycles. The average Bonchev–Trinajstić information content (AvgIpc) is 2.93. The van der Waals surface area contributed by atoms with Crippen molar-refractivity contribution in [1.29, 1.82) is 0 Å². The van der Waals surface area contributed by atoms with E-state index in [4.69, 9.17) is 5.11 Å². The number of hydrogen-bond donors (Lipinski definition) is 1. The summed E-state index contributed by atoms with van der Waals surface area (Å²) in [5.41, 5.74) is 7.76. The molecule has 0 saturated heterocycles. The summed E-state index contributed by atoms with van der Waals surface area (Å²) < 4.78 is 0. The maximum Gasteiger partial charge on any atom is 4.00 e. The maximum absolute atomic E-state index is 10.4. The van der Waals surface area contributed by atoms with Crippen LogP contribution in [0.5, 0.6) is 0 Å². The van der Waals surface area contributed by atoms with Crippen molar-refractivity contribution < 1.29 is 44.7 Å². The number of aromatic carboxylic acids is 4. The van der Waals surface area contributed by atoms with E-state index in [2.05, 4.69) is 0 Å². The van der Waals surface area contributed by atoms with Gasteiger partial charge >= 0.3 is 7.43 Å². The smallest absolute Gasteiger partial charge is 0.545 e. The molecule has 0 spiro atoms. The summed E-state index contributed by atoms with van der Waals surface area (Å²) in [6.45, 7) is 12.6. The van der Waals surface area contributed by atoms with E-state index < -0.39 is 23.9 Å². The molecule has 4 rings (SSSR count). The predicted octanol–water partition coefficient (Wildman–Crippen LogP) is 1.93. The number of aliphatic hydroxyl groups excluding tert-OH is 1. The first-order chi connectivity index (χ1) is 21.0. The molecule has 0 amide bonds. The van der Waals surface area contributed by atoms with Gasteiger partial charge in [-0.1, -0.05) is 89.5 Å². The summed E-state index contributed by atoms with van der Waals surface area (Å²) in [5, 5.41) is 50.4. The second-order valence-electron chi connectivity index (χ2n) is 10.4. The Morgan fingerprint density at radius 2 is 0.696 bits per heavy atom. The molecule has 4 aromatic rings. The van der Waals surface area contributed by atoms with Crippen molar-refractivity contribution in [1.82, 2.24) is 0 Å². The Bertz CT molecular complexity index is 1520. The fraction of sp³-hybridized carbons (Fsp3) is 0.216. The van der Waals surface area contributed by atoms with Gasteiger partial charge in [0.05, 0.1) is 30.5 Å². The van der Waals surface area contributed by atoms with Gasteiger partial charge in [0, 0.05) is 22.3 Å². The summed E-state index contributed by atoms with van der Waals surface area (Å²) >= 11 is 0. The van der Waals surface area contributed by atoms with E-state index in [1.165, 1.54) is 6.07 Å². The number of carbonyl (C=O) groups is 4. The molecule has 0 heterocycles. The van der Waals surface area contributed by atoms with Gasteiger partial charge in [-0.25, -0.2) is 0 Å². The molecule has 0 unspecified atom stereocenters. The first kappa shape index (κ1) is 40.7. The Kier molecular flexibility index (Phi) is 17.0. The minimum absolute atomic E-state index is 0. The van der Waals surface area contributed by atoms with E-state index in [1.807, 2.05) is 39.0 Å². The number of carboxylic acids is 4. The molecule has 0 bridgehead atoms. The van der Waals surface area contributed by atoms with Crippen LogP contribution in [0, 0.1) is 55.9 Å². The molecule has 0 aliphatic rings. The van der Waals surface area contributed by atoms with E-state index >= 15 is 0 Å². The van der Waals surface area contributed by atoms with Gasteiger partial charge in [-0.05, 0) is 76.3 Å². The second kappa shape index (κ2) is 19.2. The molecule has 9 heteroatoms. The van der Waals surface area contributed by atoms with Gasteiger partial charge in [-0.15, -0.1) is 0 Å². The summed E-state index contributed by atoms with van der Waals surface area (Å²) in [6.07, 6.45) is 0. The van der Waals surface area contributed by atoms with Crippen LogP contribution in [0.3, 0.4) is 0 Å². The fourth-order valence-corrected chi connectivity index (χ4v) is 4.18.